The Morgan fingerprint density at radius 2 is 1.36 bits per heavy atom. The Balaban J connectivity index is 1.51. The van der Waals surface area contributed by atoms with Crippen LogP contribution in [0.1, 0.15) is 72.6 Å². The highest BCUT2D eigenvalue weighted by atomic mass is 14.6. The van der Waals surface area contributed by atoms with Crippen molar-refractivity contribution in [1.82, 2.24) is 0 Å². The van der Waals surface area contributed by atoms with E-state index in [2.05, 4.69) is 137 Å². The molecule has 190 valence electrons. The highest BCUT2D eigenvalue weighted by Crippen LogP contribution is 2.63. The van der Waals surface area contributed by atoms with Crippen LogP contribution in [-0.4, -0.2) is 0 Å². The molecule has 0 saturated heterocycles. The van der Waals surface area contributed by atoms with Crippen LogP contribution in [0.25, 0.3) is 22.3 Å². The molecule has 0 nitrogen and oxygen atoms in total. The van der Waals surface area contributed by atoms with E-state index in [4.69, 9.17) is 0 Å². The predicted octanol–water partition coefficient (Wildman–Crippen LogP) is 10.0. The van der Waals surface area contributed by atoms with Gasteiger partial charge in [-0.3, -0.25) is 0 Å². The topological polar surface area (TPSA) is 0 Å². The van der Waals surface area contributed by atoms with Crippen LogP contribution in [0, 0.1) is 0 Å². The van der Waals surface area contributed by atoms with E-state index < -0.39 is 0 Å². The molecule has 0 amide bonds. The van der Waals surface area contributed by atoms with Crippen LogP contribution in [0.4, 0.5) is 0 Å². The summed E-state index contributed by atoms with van der Waals surface area (Å²) in [6, 6.07) is 34.6. The third kappa shape index (κ3) is 3.24. The van der Waals surface area contributed by atoms with Gasteiger partial charge in [-0.1, -0.05) is 130 Å². The van der Waals surface area contributed by atoms with E-state index >= 15 is 0 Å². The Kier molecular flexibility index (Phi) is 5.32. The van der Waals surface area contributed by atoms with Crippen molar-refractivity contribution in [3.8, 4) is 11.1 Å². The van der Waals surface area contributed by atoms with Crippen LogP contribution in [0.15, 0.2) is 127 Å². The summed E-state index contributed by atoms with van der Waals surface area (Å²) in [4.78, 5) is 0. The highest BCUT2D eigenvalue weighted by Gasteiger charge is 2.53. The van der Waals surface area contributed by atoms with E-state index in [0.717, 1.165) is 12.8 Å². The third-order valence-corrected chi connectivity index (χ3v) is 9.39. The summed E-state index contributed by atoms with van der Waals surface area (Å²) in [5, 5.41) is 0. The minimum Gasteiger partial charge on any atom is -0.0991 e. The van der Waals surface area contributed by atoms with Gasteiger partial charge in [-0.25, -0.2) is 0 Å². The molecule has 3 aliphatic carbocycles. The lowest BCUT2D eigenvalue weighted by molar-refractivity contribution is 0.550. The van der Waals surface area contributed by atoms with Gasteiger partial charge in [0, 0.05) is 5.41 Å². The Bertz CT molecular complexity index is 1680. The summed E-state index contributed by atoms with van der Waals surface area (Å²) in [5.41, 5.74) is 16.2. The van der Waals surface area contributed by atoms with Crippen LogP contribution in [0.2, 0.25) is 0 Å². The van der Waals surface area contributed by atoms with Crippen molar-refractivity contribution in [3.63, 3.8) is 0 Å². The summed E-state index contributed by atoms with van der Waals surface area (Å²) in [6.07, 6.45) is 10.8. The fraction of sp³-hybridized carbons (Fsp3) is 0.179. The average Bonchev–Trinajstić information content (AvgIpc) is 3.27. The molecule has 0 saturated carbocycles. The van der Waals surface area contributed by atoms with Gasteiger partial charge in [-0.15, -0.1) is 0 Å². The van der Waals surface area contributed by atoms with Crippen LogP contribution >= 0.6 is 0 Å². The molecule has 3 aliphatic rings. The fourth-order valence-electron chi connectivity index (χ4n) is 7.55. The zero-order valence-electron chi connectivity index (χ0n) is 23.1. The van der Waals surface area contributed by atoms with E-state index in [1.807, 2.05) is 6.08 Å². The quantitative estimate of drug-likeness (QED) is 0.245. The van der Waals surface area contributed by atoms with Gasteiger partial charge < -0.3 is 0 Å². The summed E-state index contributed by atoms with van der Waals surface area (Å²) in [5.74, 6) is 0. The number of allylic oxidation sites excluding steroid dienone is 7. The van der Waals surface area contributed by atoms with Crippen molar-refractivity contribution in [1.29, 1.82) is 0 Å². The number of benzene rings is 4. The van der Waals surface area contributed by atoms with Crippen molar-refractivity contribution >= 4 is 11.1 Å². The first-order valence-electron chi connectivity index (χ1n) is 14.1. The molecular formula is C39H34. The van der Waals surface area contributed by atoms with Crippen molar-refractivity contribution in [2.75, 3.05) is 0 Å². The van der Waals surface area contributed by atoms with Crippen molar-refractivity contribution in [2.24, 2.45) is 0 Å². The van der Waals surface area contributed by atoms with E-state index in [0.29, 0.717) is 0 Å². The summed E-state index contributed by atoms with van der Waals surface area (Å²) < 4.78 is 0. The van der Waals surface area contributed by atoms with Gasteiger partial charge in [0.2, 0.25) is 0 Å². The maximum atomic E-state index is 3.85. The Labute approximate surface area is 232 Å². The second-order valence-corrected chi connectivity index (χ2v) is 11.7. The van der Waals surface area contributed by atoms with Crippen molar-refractivity contribution in [2.45, 2.75) is 44.4 Å². The van der Waals surface area contributed by atoms with E-state index in [-0.39, 0.29) is 10.8 Å². The number of rotatable bonds is 3. The van der Waals surface area contributed by atoms with Crippen molar-refractivity contribution < 1.29 is 0 Å². The highest BCUT2D eigenvalue weighted by molar-refractivity contribution is 5.93. The van der Waals surface area contributed by atoms with Crippen molar-refractivity contribution in [3.05, 3.63) is 166 Å². The molecule has 0 unspecified atom stereocenters. The molecule has 0 aromatic heterocycles. The third-order valence-electron chi connectivity index (χ3n) is 9.39. The zero-order valence-corrected chi connectivity index (χ0v) is 23.1. The molecule has 0 atom stereocenters. The molecule has 0 heterocycles. The monoisotopic (exact) mass is 502 g/mol. The Hall–Kier alpha value is -4.16. The number of fused-ring (bicyclic) bond motifs is 8. The van der Waals surface area contributed by atoms with Gasteiger partial charge in [-0.2, -0.15) is 0 Å². The molecule has 0 radical (unpaired) electrons. The zero-order chi connectivity index (χ0) is 26.8. The predicted molar refractivity (Wildman–Crippen MR) is 166 cm³/mol. The number of hydrogen-bond acceptors (Lipinski definition) is 0. The first-order chi connectivity index (χ1) is 19.0. The summed E-state index contributed by atoms with van der Waals surface area (Å²) >= 11 is 0. The molecule has 4 aromatic carbocycles. The van der Waals surface area contributed by atoms with Crippen LogP contribution in [-0.2, 0) is 10.8 Å². The van der Waals surface area contributed by atoms with Gasteiger partial charge in [-0.05, 0) is 92.6 Å². The lowest BCUT2D eigenvalue weighted by Gasteiger charge is -2.47. The minimum atomic E-state index is -0.266. The summed E-state index contributed by atoms with van der Waals surface area (Å²) in [7, 11) is 0. The van der Waals surface area contributed by atoms with E-state index in [1.54, 1.807) is 5.57 Å². The lowest BCUT2D eigenvalue weighted by Crippen LogP contribution is -2.41. The molecule has 0 fully saturated rings. The molecule has 0 aliphatic heterocycles. The van der Waals surface area contributed by atoms with Gasteiger partial charge in [0.05, 0.1) is 5.41 Å². The van der Waals surface area contributed by atoms with E-state index in [1.165, 1.54) is 61.2 Å². The maximum absolute atomic E-state index is 3.85. The minimum absolute atomic E-state index is 0.0589. The molecular weight excluding hydrogens is 468 g/mol. The first kappa shape index (κ1) is 23.9. The smallest absolute Gasteiger partial charge is 0.0682 e. The molecule has 0 N–H and O–H groups in total. The average molecular weight is 503 g/mol. The molecule has 39 heavy (non-hydrogen) atoms. The second-order valence-electron chi connectivity index (χ2n) is 11.7. The molecule has 1 spiro atoms. The van der Waals surface area contributed by atoms with Crippen LogP contribution in [0.5, 0.6) is 0 Å². The molecule has 7 rings (SSSR count). The van der Waals surface area contributed by atoms with Crippen LogP contribution < -0.4 is 0 Å². The largest absolute Gasteiger partial charge is 0.0991 e. The van der Waals surface area contributed by atoms with Gasteiger partial charge in [0.1, 0.15) is 0 Å². The van der Waals surface area contributed by atoms with Gasteiger partial charge >= 0.3 is 0 Å². The standard InChI is InChI=1S/C39H34/c1-5-12-26(2)27-19-21-28(22-20-27)29-23-24-31-30-13-6-7-14-32(30)39(37(31)25-29)35-17-10-8-15-33(35)38(3,4)34-16-9-11-18-36(34)39/h5-6,8-13,15-25H,1,7,14H2,2-4H3/b26-12+. The SMILES string of the molecule is C=C/C=C(\C)c1ccc(-c2ccc3c(c2)C2(C4=C3C=CCC4)c3ccccc3C(C)(C)c3ccccc32)cc1. The summed E-state index contributed by atoms with van der Waals surface area (Å²) in [6.45, 7) is 10.8. The lowest BCUT2D eigenvalue weighted by atomic mass is 9.54. The number of hydrogen-bond donors (Lipinski definition) is 0. The normalized spacial score (nSPS) is 17.9. The van der Waals surface area contributed by atoms with Gasteiger partial charge in [0.25, 0.3) is 0 Å². The Morgan fingerprint density at radius 1 is 0.744 bits per heavy atom. The van der Waals surface area contributed by atoms with Crippen LogP contribution in [0.3, 0.4) is 0 Å². The maximum Gasteiger partial charge on any atom is 0.0682 e. The van der Waals surface area contributed by atoms with Gasteiger partial charge in [0.15, 0.2) is 0 Å². The molecule has 0 bridgehead atoms. The Morgan fingerprint density at radius 3 is 2.00 bits per heavy atom. The molecule has 0 heteroatoms. The molecule has 4 aromatic rings. The second kappa shape index (κ2) is 8.68. The fourth-order valence-corrected chi connectivity index (χ4v) is 7.55. The first-order valence-corrected chi connectivity index (χ1v) is 14.1. The van der Waals surface area contributed by atoms with E-state index in [9.17, 15) is 0 Å².